The summed E-state index contributed by atoms with van der Waals surface area (Å²) in [7, 11) is -2.30. The van der Waals surface area contributed by atoms with Gasteiger partial charge in [-0.25, -0.2) is 13.4 Å². The lowest BCUT2D eigenvalue weighted by molar-refractivity contribution is 0.463. The number of hydrogen-bond acceptors (Lipinski definition) is 6. The van der Waals surface area contributed by atoms with Gasteiger partial charge in [-0.3, -0.25) is 0 Å². The normalized spacial score (nSPS) is 11.4. The number of thiazole rings is 1. The third kappa shape index (κ3) is 2.80. The van der Waals surface area contributed by atoms with Gasteiger partial charge in [0.15, 0.2) is 0 Å². The van der Waals surface area contributed by atoms with Crippen LogP contribution in [0.15, 0.2) is 34.0 Å². The van der Waals surface area contributed by atoms with Gasteiger partial charge in [0.25, 0.3) is 0 Å². The number of anilines is 1. The monoisotopic (exact) mass is 308 g/mol. The summed E-state index contributed by atoms with van der Waals surface area (Å²) in [5, 5.41) is 10.8. The van der Waals surface area contributed by atoms with Crippen molar-refractivity contribution in [3.63, 3.8) is 0 Å². The molecular weight excluding hydrogens is 296 g/mol. The lowest BCUT2D eigenvalue weighted by Crippen LogP contribution is -2.27. The molecule has 2 rings (SSSR count). The Labute approximate surface area is 121 Å². The fraction of sp³-hybridized carbons (Fsp3) is 0.167. The molecule has 0 saturated carbocycles. The van der Waals surface area contributed by atoms with Crippen LogP contribution in [-0.4, -0.2) is 24.8 Å². The second kappa shape index (κ2) is 5.58. The summed E-state index contributed by atoms with van der Waals surface area (Å²) in [6, 6.07) is 6.02. The number of rotatable bonds is 4. The first-order valence-corrected chi connectivity index (χ1v) is 7.96. The Morgan fingerprint density at radius 2 is 2.25 bits per heavy atom. The van der Waals surface area contributed by atoms with Crippen LogP contribution in [0.1, 0.15) is 11.3 Å². The number of nitrogen functional groups attached to an aromatic ring is 1. The molecule has 0 spiro atoms. The molecule has 2 aromatic rings. The zero-order valence-corrected chi connectivity index (χ0v) is 12.3. The number of nitriles is 1. The maximum absolute atomic E-state index is 12.5. The van der Waals surface area contributed by atoms with Crippen molar-refractivity contribution in [2.75, 3.05) is 12.8 Å². The highest BCUT2D eigenvalue weighted by molar-refractivity contribution is 7.89. The van der Waals surface area contributed by atoms with Crippen molar-refractivity contribution >= 4 is 27.0 Å². The quantitative estimate of drug-likeness (QED) is 0.861. The maximum atomic E-state index is 12.5. The molecule has 2 N–H and O–H groups in total. The number of nitrogens with zero attached hydrogens (tertiary/aromatic N) is 3. The van der Waals surface area contributed by atoms with E-state index in [-0.39, 0.29) is 17.0 Å². The first kappa shape index (κ1) is 14.5. The molecule has 0 aliphatic heterocycles. The van der Waals surface area contributed by atoms with Crippen molar-refractivity contribution in [3.05, 3.63) is 40.3 Å². The Balaban J connectivity index is 2.38. The van der Waals surface area contributed by atoms with Gasteiger partial charge in [0, 0.05) is 18.1 Å². The van der Waals surface area contributed by atoms with Crippen LogP contribution in [0.3, 0.4) is 0 Å². The van der Waals surface area contributed by atoms with Crippen molar-refractivity contribution in [1.29, 1.82) is 5.26 Å². The van der Waals surface area contributed by atoms with Crippen LogP contribution >= 0.6 is 11.3 Å². The van der Waals surface area contributed by atoms with Gasteiger partial charge in [0.2, 0.25) is 10.0 Å². The summed E-state index contributed by atoms with van der Waals surface area (Å²) in [5.74, 6) is 0. The molecule has 0 aliphatic carbocycles. The number of hydrogen-bond donors (Lipinski definition) is 1. The third-order valence-electron chi connectivity index (χ3n) is 2.68. The Morgan fingerprint density at radius 3 is 2.85 bits per heavy atom. The number of sulfonamides is 1. The maximum Gasteiger partial charge on any atom is 0.244 e. The molecule has 0 bridgehead atoms. The highest BCUT2D eigenvalue weighted by atomic mass is 32.2. The third-order valence-corrected chi connectivity index (χ3v) is 5.18. The predicted octanol–water partition coefficient (Wildman–Crippen LogP) is 1.42. The lowest BCUT2D eigenvalue weighted by Gasteiger charge is -2.17. The standard InChI is InChI=1S/C12H12N4O2S2/c1-16(6-11-7-19-8-15-11)20(17,18)12-3-2-10(14)4-9(12)5-13/h2-4,7-8H,6,14H2,1H3. The highest BCUT2D eigenvalue weighted by Gasteiger charge is 2.24. The van der Waals surface area contributed by atoms with Gasteiger partial charge in [-0.1, -0.05) is 0 Å². The number of benzene rings is 1. The van der Waals surface area contributed by atoms with Crippen LogP contribution in [0.25, 0.3) is 0 Å². The van der Waals surface area contributed by atoms with Gasteiger partial charge < -0.3 is 5.73 Å². The van der Waals surface area contributed by atoms with E-state index >= 15 is 0 Å². The van der Waals surface area contributed by atoms with E-state index in [4.69, 9.17) is 11.0 Å². The zero-order valence-electron chi connectivity index (χ0n) is 10.6. The van der Waals surface area contributed by atoms with Crippen LogP contribution in [0.4, 0.5) is 5.69 Å². The van der Waals surface area contributed by atoms with Gasteiger partial charge in [0.1, 0.15) is 11.0 Å². The first-order chi connectivity index (χ1) is 9.45. The Hall–Kier alpha value is -1.95. The van der Waals surface area contributed by atoms with E-state index in [9.17, 15) is 8.42 Å². The molecule has 0 atom stereocenters. The average Bonchev–Trinajstić information content (AvgIpc) is 2.91. The van der Waals surface area contributed by atoms with E-state index in [0.29, 0.717) is 11.4 Å². The molecule has 0 aliphatic rings. The molecule has 0 amide bonds. The largest absolute Gasteiger partial charge is 0.399 e. The molecule has 1 heterocycles. The lowest BCUT2D eigenvalue weighted by atomic mass is 10.2. The van der Waals surface area contributed by atoms with Crippen LogP contribution < -0.4 is 5.73 Å². The molecule has 6 nitrogen and oxygen atoms in total. The predicted molar refractivity (Wildman–Crippen MR) is 76.3 cm³/mol. The van der Waals surface area contributed by atoms with Crippen molar-refractivity contribution in [2.24, 2.45) is 0 Å². The fourth-order valence-corrected chi connectivity index (χ4v) is 3.47. The fourth-order valence-electron chi connectivity index (χ4n) is 1.66. The summed E-state index contributed by atoms with van der Waals surface area (Å²) < 4.78 is 26.1. The molecule has 20 heavy (non-hydrogen) atoms. The van der Waals surface area contributed by atoms with E-state index in [1.807, 2.05) is 6.07 Å². The minimum Gasteiger partial charge on any atom is -0.399 e. The minimum absolute atomic E-state index is 0.0372. The zero-order chi connectivity index (χ0) is 14.8. The van der Waals surface area contributed by atoms with E-state index in [2.05, 4.69) is 4.98 Å². The molecule has 104 valence electrons. The smallest absolute Gasteiger partial charge is 0.244 e. The molecular formula is C12H12N4O2S2. The summed E-state index contributed by atoms with van der Waals surface area (Å²) in [6.07, 6.45) is 0. The summed E-state index contributed by atoms with van der Waals surface area (Å²) in [6.45, 7) is 0.154. The van der Waals surface area contributed by atoms with Crippen LogP contribution in [0.2, 0.25) is 0 Å². The van der Waals surface area contributed by atoms with E-state index in [1.165, 1.54) is 36.6 Å². The van der Waals surface area contributed by atoms with E-state index < -0.39 is 10.0 Å². The highest BCUT2D eigenvalue weighted by Crippen LogP contribution is 2.22. The van der Waals surface area contributed by atoms with E-state index in [1.54, 1.807) is 10.9 Å². The molecule has 0 fully saturated rings. The second-order valence-corrected chi connectivity index (χ2v) is 6.84. The average molecular weight is 308 g/mol. The minimum atomic E-state index is -3.75. The Morgan fingerprint density at radius 1 is 1.50 bits per heavy atom. The Kier molecular flexibility index (Phi) is 4.04. The molecule has 1 aromatic heterocycles. The van der Waals surface area contributed by atoms with Gasteiger partial charge in [-0.05, 0) is 18.2 Å². The van der Waals surface area contributed by atoms with Gasteiger partial charge in [0.05, 0.1) is 23.3 Å². The molecule has 0 radical (unpaired) electrons. The first-order valence-electron chi connectivity index (χ1n) is 5.58. The van der Waals surface area contributed by atoms with E-state index in [0.717, 1.165) is 4.31 Å². The molecule has 0 saturated heterocycles. The van der Waals surface area contributed by atoms with Gasteiger partial charge >= 0.3 is 0 Å². The SMILES string of the molecule is CN(Cc1cscn1)S(=O)(=O)c1ccc(N)cc1C#N. The number of aromatic nitrogens is 1. The van der Waals surface area contributed by atoms with Crippen molar-refractivity contribution in [1.82, 2.24) is 9.29 Å². The topological polar surface area (TPSA) is 100 Å². The summed E-state index contributed by atoms with van der Waals surface area (Å²) >= 11 is 1.40. The summed E-state index contributed by atoms with van der Waals surface area (Å²) in [4.78, 5) is 4.00. The van der Waals surface area contributed by atoms with Crippen molar-refractivity contribution < 1.29 is 8.42 Å². The van der Waals surface area contributed by atoms with Gasteiger partial charge in [-0.2, -0.15) is 9.57 Å². The van der Waals surface area contributed by atoms with Crippen LogP contribution in [0, 0.1) is 11.3 Å². The van der Waals surface area contributed by atoms with Crippen molar-refractivity contribution in [2.45, 2.75) is 11.4 Å². The molecule has 1 aromatic carbocycles. The van der Waals surface area contributed by atoms with Gasteiger partial charge in [-0.15, -0.1) is 11.3 Å². The van der Waals surface area contributed by atoms with Crippen LogP contribution in [0.5, 0.6) is 0 Å². The van der Waals surface area contributed by atoms with Crippen LogP contribution in [-0.2, 0) is 16.6 Å². The molecule has 0 unspecified atom stereocenters. The van der Waals surface area contributed by atoms with Crippen molar-refractivity contribution in [3.8, 4) is 6.07 Å². The molecule has 8 heteroatoms. The second-order valence-electron chi connectivity index (χ2n) is 4.11. The number of nitrogens with two attached hydrogens (primary N) is 1. The Bertz CT molecular complexity index is 748. The summed E-state index contributed by atoms with van der Waals surface area (Å²) in [5.41, 5.74) is 8.25.